The Labute approximate surface area is 201 Å². The minimum absolute atomic E-state index is 0.0192. The summed E-state index contributed by atoms with van der Waals surface area (Å²) in [5, 5.41) is 11.7. The number of hydrogen-bond donors (Lipinski definition) is 1. The zero-order valence-electron chi connectivity index (χ0n) is 20.8. The van der Waals surface area contributed by atoms with Crippen LogP contribution in [0.3, 0.4) is 0 Å². The molecule has 2 unspecified atom stereocenters. The van der Waals surface area contributed by atoms with Crippen LogP contribution in [0.2, 0.25) is 0 Å². The molecule has 2 aromatic rings. The van der Waals surface area contributed by atoms with Crippen molar-refractivity contribution in [3.05, 3.63) is 71.3 Å². The summed E-state index contributed by atoms with van der Waals surface area (Å²) in [4.78, 5) is 17.9. The van der Waals surface area contributed by atoms with Crippen LogP contribution in [-0.2, 0) is 10.4 Å². The number of aliphatic hydroxyl groups is 1. The highest BCUT2D eigenvalue weighted by Gasteiger charge is 2.50. The Bertz CT molecular complexity index is 1020. The zero-order chi connectivity index (χ0) is 24.8. The van der Waals surface area contributed by atoms with E-state index in [2.05, 4.69) is 25.7 Å². The molecule has 0 bridgehead atoms. The van der Waals surface area contributed by atoms with E-state index in [-0.39, 0.29) is 29.2 Å². The first-order valence-corrected chi connectivity index (χ1v) is 12.2. The maximum atomic E-state index is 14.8. The Morgan fingerprint density at radius 3 is 2.15 bits per heavy atom. The van der Waals surface area contributed by atoms with Crippen molar-refractivity contribution in [2.24, 2.45) is 17.8 Å². The molecule has 0 aromatic heterocycles. The first-order chi connectivity index (χ1) is 15.9. The molecule has 4 rings (SSSR count). The summed E-state index contributed by atoms with van der Waals surface area (Å²) in [5.74, 6) is -2.35. The number of rotatable bonds is 3. The van der Waals surface area contributed by atoms with Gasteiger partial charge in [0.05, 0.1) is 11.5 Å². The maximum absolute atomic E-state index is 14.8. The summed E-state index contributed by atoms with van der Waals surface area (Å²) in [6.45, 7) is 12.1. The van der Waals surface area contributed by atoms with Crippen LogP contribution in [0.5, 0.6) is 0 Å². The predicted octanol–water partition coefficient (Wildman–Crippen LogP) is 4.78. The Balaban J connectivity index is 1.61. The van der Waals surface area contributed by atoms with Gasteiger partial charge in [0, 0.05) is 55.5 Å². The van der Waals surface area contributed by atoms with Gasteiger partial charge in [-0.15, -0.1) is 0 Å². The summed E-state index contributed by atoms with van der Waals surface area (Å²) in [6, 6.07) is 13.3. The molecule has 2 aromatic carbocycles. The van der Waals surface area contributed by atoms with Gasteiger partial charge in [-0.25, -0.2) is 8.78 Å². The second kappa shape index (κ2) is 9.04. The minimum atomic E-state index is -1.02. The molecule has 2 saturated heterocycles. The van der Waals surface area contributed by atoms with Gasteiger partial charge in [-0.05, 0) is 38.0 Å². The summed E-state index contributed by atoms with van der Waals surface area (Å²) >= 11 is 0. The van der Waals surface area contributed by atoms with Crippen molar-refractivity contribution >= 4 is 5.91 Å². The van der Waals surface area contributed by atoms with Crippen LogP contribution in [-0.4, -0.2) is 52.5 Å². The van der Waals surface area contributed by atoms with E-state index in [4.69, 9.17) is 0 Å². The fourth-order valence-corrected chi connectivity index (χ4v) is 5.91. The third-order valence-corrected chi connectivity index (χ3v) is 7.99. The Hall–Kier alpha value is -2.31. The molecule has 2 fully saturated rings. The van der Waals surface area contributed by atoms with Crippen molar-refractivity contribution in [3.8, 4) is 0 Å². The molecule has 4 nitrogen and oxygen atoms in total. The van der Waals surface area contributed by atoms with E-state index in [1.165, 1.54) is 12.1 Å². The number of likely N-dealkylation sites (tertiary alicyclic amines) is 2. The molecule has 184 valence electrons. The normalized spacial score (nSPS) is 30.5. The molecule has 2 aliphatic rings. The number of benzene rings is 2. The van der Waals surface area contributed by atoms with Gasteiger partial charge in [-0.1, -0.05) is 50.2 Å². The molecular formula is C28H36F2N2O2. The molecule has 6 heteroatoms. The average Bonchev–Trinajstić information content (AvgIpc) is 3.23. The molecule has 1 amide bonds. The highest BCUT2D eigenvalue weighted by Crippen LogP contribution is 2.43. The third kappa shape index (κ3) is 4.38. The summed E-state index contributed by atoms with van der Waals surface area (Å²) in [5.41, 5.74) is 0.0616. The van der Waals surface area contributed by atoms with Gasteiger partial charge >= 0.3 is 0 Å². The van der Waals surface area contributed by atoms with Crippen LogP contribution in [0.1, 0.15) is 51.7 Å². The van der Waals surface area contributed by atoms with Gasteiger partial charge in [0.2, 0.25) is 5.91 Å². The second-order valence-electron chi connectivity index (χ2n) is 11.2. The molecule has 2 heterocycles. The number of carbonyl (C=O) groups excluding carboxylic acids is 1. The van der Waals surface area contributed by atoms with Crippen molar-refractivity contribution in [1.29, 1.82) is 0 Å². The van der Waals surface area contributed by atoms with Crippen LogP contribution in [0, 0.1) is 29.4 Å². The maximum Gasteiger partial charge on any atom is 0.227 e. The Morgan fingerprint density at radius 2 is 1.59 bits per heavy atom. The molecule has 0 spiro atoms. The van der Waals surface area contributed by atoms with Crippen molar-refractivity contribution in [3.63, 3.8) is 0 Å². The van der Waals surface area contributed by atoms with E-state index in [0.29, 0.717) is 31.7 Å². The lowest BCUT2D eigenvalue weighted by Crippen LogP contribution is -2.57. The Morgan fingerprint density at radius 1 is 0.971 bits per heavy atom. The highest BCUT2D eigenvalue weighted by molar-refractivity contribution is 5.81. The first-order valence-electron chi connectivity index (χ1n) is 12.2. The van der Waals surface area contributed by atoms with E-state index < -0.39 is 23.2 Å². The van der Waals surface area contributed by atoms with Crippen molar-refractivity contribution in [1.82, 2.24) is 9.80 Å². The van der Waals surface area contributed by atoms with Crippen molar-refractivity contribution < 1.29 is 18.7 Å². The lowest BCUT2D eigenvalue weighted by atomic mass is 9.70. The van der Waals surface area contributed by atoms with Gasteiger partial charge in [-0.3, -0.25) is 9.69 Å². The summed E-state index contributed by atoms with van der Waals surface area (Å²) < 4.78 is 28.4. The number of hydrogen-bond acceptors (Lipinski definition) is 3. The van der Waals surface area contributed by atoms with E-state index >= 15 is 0 Å². The third-order valence-electron chi connectivity index (χ3n) is 7.99. The van der Waals surface area contributed by atoms with E-state index in [9.17, 15) is 18.7 Å². The molecular weight excluding hydrogens is 434 g/mol. The van der Waals surface area contributed by atoms with Gasteiger partial charge in [-0.2, -0.15) is 0 Å². The first kappa shape index (κ1) is 24.8. The van der Waals surface area contributed by atoms with Crippen LogP contribution in [0.4, 0.5) is 8.78 Å². The summed E-state index contributed by atoms with van der Waals surface area (Å²) in [6.07, 6.45) is 0. The lowest BCUT2D eigenvalue weighted by molar-refractivity contribution is -0.152. The topological polar surface area (TPSA) is 43.8 Å². The van der Waals surface area contributed by atoms with Crippen LogP contribution in [0.25, 0.3) is 0 Å². The minimum Gasteiger partial charge on any atom is -0.384 e. The molecule has 0 radical (unpaired) electrons. The number of halogens is 2. The standard InChI is InChI=1S/C28H36F2N2O2/c1-18-14-31(15-19(2)28(18,34)20-9-7-6-8-10-20)26(33)24-17-32(27(3,4)5)16-23(24)22-12-11-21(29)13-25(22)30/h6-13,18-19,23-24,34H,14-17H2,1-5H3/t18?,19?,23-,24-,28?/m0/s1. The molecule has 1 N–H and O–H groups in total. The quantitative estimate of drug-likeness (QED) is 0.702. The van der Waals surface area contributed by atoms with Crippen molar-refractivity contribution in [2.45, 2.75) is 51.7 Å². The van der Waals surface area contributed by atoms with E-state index in [1.807, 2.05) is 49.1 Å². The van der Waals surface area contributed by atoms with Gasteiger partial charge < -0.3 is 10.0 Å². The fourth-order valence-electron chi connectivity index (χ4n) is 5.91. The van der Waals surface area contributed by atoms with Crippen molar-refractivity contribution in [2.75, 3.05) is 26.2 Å². The predicted molar refractivity (Wildman–Crippen MR) is 129 cm³/mol. The highest BCUT2D eigenvalue weighted by atomic mass is 19.1. The van der Waals surface area contributed by atoms with Gasteiger partial charge in [0.1, 0.15) is 11.6 Å². The molecule has 0 saturated carbocycles. The number of amides is 1. The molecule has 4 atom stereocenters. The average molecular weight is 471 g/mol. The van der Waals surface area contributed by atoms with Crippen LogP contribution >= 0.6 is 0 Å². The van der Waals surface area contributed by atoms with Crippen LogP contribution in [0.15, 0.2) is 48.5 Å². The summed E-state index contributed by atoms with van der Waals surface area (Å²) in [7, 11) is 0. The van der Waals surface area contributed by atoms with Gasteiger partial charge in [0.15, 0.2) is 0 Å². The zero-order valence-corrected chi connectivity index (χ0v) is 20.8. The SMILES string of the molecule is CC1CN(C(=O)[C@H]2CN(C(C)(C)C)C[C@H]2c2ccc(F)cc2F)CC(C)C1(O)c1ccccc1. The largest absolute Gasteiger partial charge is 0.384 e. The van der Waals surface area contributed by atoms with E-state index in [0.717, 1.165) is 11.6 Å². The molecule has 34 heavy (non-hydrogen) atoms. The number of carbonyl (C=O) groups is 1. The molecule has 0 aliphatic carbocycles. The molecule has 2 aliphatic heterocycles. The second-order valence-corrected chi connectivity index (χ2v) is 11.2. The van der Waals surface area contributed by atoms with E-state index in [1.54, 1.807) is 0 Å². The number of piperidine rings is 1. The van der Waals surface area contributed by atoms with Gasteiger partial charge in [0.25, 0.3) is 0 Å². The lowest BCUT2D eigenvalue weighted by Gasteiger charge is -2.48. The smallest absolute Gasteiger partial charge is 0.227 e. The van der Waals surface area contributed by atoms with Crippen LogP contribution < -0.4 is 0 Å². The monoisotopic (exact) mass is 470 g/mol. The number of nitrogens with zero attached hydrogens (tertiary/aromatic N) is 2. The fraction of sp³-hybridized carbons (Fsp3) is 0.536. The Kier molecular flexibility index (Phi) is 6.60.